The van der Waals surface area contributed by atoms with Gasteiger partial charge in [0.1, 0.15) is 0 Å². The predicted molar refractivity (Wildman–Crippen MR) is 60.9 cm³/mol. The van der Waals surface area contributed by atoms with Gasteiger partial charge < -0.3 is 15.3 Å². The number of hydrogen-bond acceptors (Lipinski definition) is 4. The van der Waals surface area contributed by atoms with Crippen LogP contribution in [-0.4, -0.2) is 50.6 Å². The Hall–Kier alpha value is -0.750. The first-order valence-corrected chi connectivity index (χ1v) is 6.62. The molecular weight excluding hydrogens is 240 g/mol. The summed E-state index contributed by atoms with van der Waals surface area (Å²) in [7, 11) is 0. The largest absolute Gasteiger partial charge is 0.394 e. The first-order chi connectivity index (χ1) is 8.04. The molecule has 91 valence electrons. The van der Waals surface area contributed by atoms with Crippen molar-refractivity contribution in [1.82, 2.24) is 10.2 Å². The second-order valence-electron chi connectivity index (χ2n) is 4.83. The number of carbonyl (C=O) groups excluding carboxylic acids is 2. The van der Waals surface area contributed by atoms with E-state index in [4.69, 9.17) is 6.92 Å². The Morgan fingerprint density at radius 3 is 2.76 bits per heavy atom. The molecule has 0 spiro atoms. The third-order valence-electron chi connectivity index (χ3n) is 3.73. The SMILES string of the molecule is [C]C1(CO)C(C[C@@H]2CC(=O)N2)S[C@@H]2CC(=O)N21. The van der Waals surface area contributed by atoms with Crippen molar-refractivity contribution in [2.45, 2.75) is 41.5 Å². The van der Waals surface area contributed by atoms with E-state index in [1.807, 2.05) is 0 Å². The van der Waals surface area contributed by atoms with Gasteiger partial charge in [-0.05, 0) is 6.42 Å². The molecule has 3 rings (SSSR count). The third-order valence-corrected chi connectivity index (χ3v) is 5.33. The molecule has 2 unspecified atom stereocenters. The molecule has 0 saturated carbocycles. The van der Waals surface area contributed by atoms with Gasteiger partial charge in [-0.1, -0.05) is 0 Å². The molecule has 2 amide bonds. The monoisotopic (exact) mass is 253 g/mol. The van der Waals surface area contributed by atoms with Gasteiger partial charge in [-0.2, -0.15) is 0 Å². The minimum Gasteiger partial charge on any atom is -0.394 e. The number of aliphatic hydroxyl groups is 1. The fourth-order valence-corrected chi connectivity index (χ4v) is 4.49. The molecule has 3 aliphatic heterocycles. The van der Waals surface area contributed by atoms with Gasteiger partial charge in [-0.15, -0.1) is 11.8 Å². The number of aliphatic hydroxyl groups excluding tert-OH is 1. The van der Waals surface area contributed by atoms with Crippen molar-refractivity contribution in [3.05, 3.63) is 6.92 Å². The van der Waals surface area contributed by atoms with Crippen LogP contribution in [-0.2, 0) is 9.59 Å². The van der Waals surface area contributed by atoms with Gasteiger partial charge in [0.2, 0.25) is 11.8 Å². The Bertz CT molecular complexity index is 381. The number of nitrogens with zero attached hydrogens (tertiary/aromatic N) is 1. The Labute approximate surface area is 104 Å². The summed E-state index contributed by atoms with van der Waals surface area (Å²) in [6, 6.07) is 0.102. The molecule has 3 fully saturated rings. The minimum absolute atomic E-state index is 0.0388. The number of amides is 2. The fourth-order valence-electron chi connectivity index (χ4n) is 2.69. The molecule has 0 aliphatic carbocycles. The molecule has 0 aromatic carbocycles. The smallest absolute Gasteiger partial charge is 0.227 e. The summed E-state index contributed by atoms with van der Waals surface area (Å²) in [6.07, 6.45) is 1.62. The van der Waals surface area contributed by atoms with Crippen molar-refractivity contribution in [2.75, 3.05) is 6.61 Å². The highest BCUT2D eigenvalue weighted by atomic mass is 32.2. The van der Waals surface area contributed by atoms with E-state index in [0.29, 0.717) is 19.3 Å². The molecule has 6 heteroatoms. The highest BCUT2D eigenvalue weighted by Gasteiger charge is 2.59. The van der Waals surface area contributed by atoms with Crippen LogP contribution in [0.2, 0.25) is 0 Å². The zero-order valence-corrected chi connectivity index (χ0v) is 10.00. The fraction of sp³-hybridized carbons (Fsp3) is 0.727. The zero-order valence-electron chi connectivity index (χ0n) is 9.18. The Morgan fingerprint density at radius 2 is 2.24 bits per heavy atom. The lowest BCUT2D eigenvalue weighted by molar-refractivity contribution is -0.149. The summed E-state index contributed by atoms with van der Waals surface area (Å²) < 4.78 is 0. The van der Waals surface area contributed by atoms with E-state index in [1.165, 1.54) is 4.90 Å². The molecule has 0 aromatic heterocycles. The van der Waals surface area contributed by atoms with Gasteiger partial charge >= 0.3 is 0 Å². The van der Waals surface area contributed by atoms with Gasteiger partial charge in [0.05, 0.1) is 23.9 Å². The summed E-state index contributed by atoms with van der Waals surface area (Å²) in [4.78, 5) is 23.8. The van der Waals surface area contributed by atoms with Crippen molar-refractivity contribution in [2.24, 2.45) is 0 Å². The van der Waals surface area contributed by atoms with E-state index >= 15 is 0 Å². The van der Waals surface area contributed by atoms with E-state index in [1.54, 1.807) is 11.8 Å². The summed E-state index contributed by atoms with van der Waals surface area (Å²) >= 11 is 1.58. The third kappa shape index (κ3) is 1.50. The highest BCUT2D eigenvalue weighted by molar-refractivity contribution is 8.01. The van der Waals surface area contributed by atoms with Crippen molar-refractivity contribution in [3.63, 3.8) is 0 Å². The maximum atomic E-state index is 11.5. The number of carbonyl (C=O) groups is 2. The minimum atomic E-state index is -1.20. The van der Waals surface area contributed by atoms with Crippen LogP contribution >= 0.6 is 11.8 Å². The van der Waals surface area contributed by atoms with Crippen LogP contribution < -0.4 is 5.32 Å². The summed E-state index contributed by atoms with van der Waals surface area (Å²) in [5.74, 6) is -0.0105. The van der Waals surface area contributed by atoms with Crippen LogP contribution in [0.5, 0.6) is 0 Å². The lowest BCUT2D eigenvalue weighted by atomic mass is 9.87. The normalized spacial score (nSPS) is 43.9. The average Bonchev–Trinajstić information content (AvgIpc) is 2.45. The topological polar surface area (TPSA) is 69.6 Å². The highest BCUT2D eigenvalue weighted by Crippen LogP contribution is 2.51. The summed E-state index contributed by atoms with van der Waals surface area (Å²) in [6.45, 7) is 7.93. The predicted octanol–water partition coefficient (Wildman–Crippen LogP) is -0.742. The summed E-state index contributed by atoms with van der Waals surface area (Å²) in [5.41, 5.74) is -1.20. The number of β-lactam (4-membered cyclic amide) rings is 2. The van der Waals surface area contributed by atoms with E-state index in [9.17, 15) is 14.7 Å². The number of thioether (sulfide) groups is 1. The summed E-state index contributed by atoms with van der Waals surface area (Å²) in [5, 5.41) is 12.1. The average molecular weight is 253 g/mol. The second kappa shape index (κ2) is 3.62. The first-order valence-electron chi connectivity index (χ1n) is 5.67. The van der Waals surface area contributed by atoms with Crippen LogP contribution in [0.15, 0.2) is 0 Å². The van der Waals surface area contributed by atoms with E-state index < -0.39 is 5.54 Å². The molecule has 3 radical (unpaired) electrons. The maximum absolute atomic E-state index is 11.5. The van der Waals surface area contributed by atoms with Gasteiger partial charge in [0.25, 0.3) is 0 Å². The molecule has 3 heterocycles. The number of hydrogen-bond donors (Lipinski definition) is 2. The molecule has 0 bridgehead atoms. The standard InChI is InChI=1S/C11H13N2O3S/c1-11(5-14)7(2-6-3-8(15)12-6)17-10-4-9(16)13(10)11/h6-7,10,14H,2-5H2,(H,12,15)/t6-,7?,10-,11?/m1/s1. The van der Waals surface area contributed by atoms with E-state index in [0.717, 1.165) is 0 Å². The Balaban J connectivity index is 1.71. The van der Waals surface area contributed by atoms with Crippen LogP contribution in [0.3, 0.4) is 0 Å². The molecule has 4 atom stereocenters. The number of rotatable bonds is 3. The van der Waals surface area contributed by atoms with Gasteiger partial charge in [0.15, 0.2) is 0 Å². The van der Waals surface area contributed by atoms with Crippen molar-refractivity contribution in [1.29, 1.82) is 0 Å². The van der Waals surface area contributed by atoms with Crippen LogP contribution in [0.25, 0.3) is 0 Å². The van der Waals surface area contributed by atoms with Crippen LogP contribution in [0.4, 0.5) is 0 Å². The maximum Gasteiger partial charge on any atom is 0.227 e. The molecular formula is C11H13N2O3S. The zero-order chi connectivity index (χ0) is 12.2. The molecule has 3 aliphatic rings. The van der Waals surface area contributed by atoms with Crippen molar-refractivity contribution in [3.8, 4) is 0 Å². The first kappa shape index (κ1) is 11.3. The molecule has 3 saturated heterocycles. The lowest BCUT2D eigenvalue weighted by Crippen LogP contribution is -2.62. The molecule has 2 N–H and O–H groups in total. The van der Waals surface area contributed by atoms with Gasteiger partial charge in [0, 0.05) is 24.6 Å². The quantitative estimate of drug-likeness (QED) is 0.650. The number of fused-ring (bicyclic) bond motifs is 1. The van der Waals surface area contributed by atoms with E-state index in [-0.39, 0.29) is 35.1 Å². The Morgan fingerprint density at radius 1 is 1.53 bits per heavy atom. The Kier molecular flexibility index (Phi) is 2.42. The molecule has 0 aromatic rings. The molecule has 5 nitrogen and oxygen atoms in total. The van der Waals surface area contributed by atoms with Crippen LogP contribution in [0.1, 0.15) is 19.3 Å². The second-order valence-corrected chi connectivity index (χ2v) is 6.22. The molecule has 17 heavy (non-hydrogen) atoms. The van der Waals surface area contributed by atoms with Crippen LogP contribution in [0, 0.1) is 6.92 Å². The van der Waals surface area contributed by atoms with Gasteiger partial charge in [-0.3, -0.25) is 9.59 Å². The van der Waals surface area contributed by atoms with Gasteiger partial charge in [-0.25, -0.2) is 0 Å². The lowest BCUT2D eigenvalue weighted by Gasteiger charge is -2.44. The number of nitrogens with one attached hydrogen (secondary N) is 1. The van der Waals surface area contributed by atoms with Crippen molar-refractivity contribution >= 4 is 23.6 Å². The van der Waals surface area contributed by atoms with Crippen molar-refractivity contribution < 1.29 is 14.7 Å². The van der Waals surface area contributed by atoms with E-state index in [2.05, 4.69) is 5.32 Å².